The van der Waals surface area contributed by atoms with E-state index in [2.05, 4.69) is 66.8 Å². The van der Waals surface area contributed by atoms with Gasteiger partial charge in [-0.05, 0) is 24.2 Å². The molecule has 8 atom stereocenters. The second-order valence-corrected chi connectivity index (χ2v) is 15.5. The van der Waals surface area contributed by atoms with Gasteiger partial charge in [0.1, 0.15) is 18.0 Å². The molecule has 0 aliphatic carbocycles. The van der Waals surface area contributed by atoms with E-state index in [4.69, 9.17) is 23.7 Å². The highest BCUT2D eigenvalue weighted by Crippen LogP contribution is 2.46. The minimum Gasteiger partial charge on any atom is -0.382 e. The Morgan fingerprint density at radius 3 is 2.32 bits per heavy atom. The number of amides is 1. The van der Waals surface area contributed by atoms with Crippen LogP contribution in [0, 0.1) is 29.6 Å². The second-order valence-electron chi connectivity index (χ2n) is 15.5. The monoisotopic (exact) mass is 701 g/mol. The van der Waals surface area contributed by atoms with Crippen LogP contribution < -0.4 is 22.1 Å². The van der Waals surface area contributed by atoms with Crippen molar-refractivity contribution in [1.29, 1.82) is 0 Å². The van der Waals surface area contributed by atoms with E-state index in [1.54, 1.807) is 18.6 Å². The Morgan fingerprint density at radius 1 is 0.980 bits per heavy atom. The summed E-state index contributed by atoms with van der Waals surface area (Å²) in [5.74, 6) is -0.383. The molecule has 2 unspecified atom stereocenters. The number of H-pyrrole nitrogens is 2. The van der Waals surface area contributed by atoms with E-state index in [0.29, 0.717) is 31.1 Å². The number of ether oxygens (including phenoxy) is 5. The largest absolute Gasteiger partial charge is 0.382 e. The maximum absolute atomic E-state index is 13.8. The molecule has 0 spiro atoms. The zero-order valence-corrected chi connectivity index (χ0v) is 30.3. The second kappa shape index (κ2) is 14.9. The highest BCUT2D eigenvalue weighted by Gasteiger charge is 2.52. The molecular formula is C34H51N7O9. The smallest absolute Gasteiger partial charge is 0.330 e. The van der Waals surface area contributed by atoms with E-state index in [9.17, 15) is 19.2 Å². The molecule has 3 aromatic heterocycles. The number of methoxy groups -OCH3 is 2. The molecule has 16 heteroatoms. The Labute approximate surface area is 290 Å². The fourth-order valence-corrected chi connectivity index (χ4v) is 7.33. The minimum absolute atomic E-state index is 0.0656. The molecule has 3 aromatic rings. The summed E-state index contributed by atoms with van der Waals surface area (Å²) < 4.78 is 33.7. The summed E-state index contributed by atoms with van der Waals surface area (Å²) in [6, 6.07) is 1.25. The van der Waals surface area contributed by atoms with Gasteiger partial charge in [-0.25, -0.2) is 14.8 Å². The zero-order valence-electron chi connectivity index (χ0n) is 30.3. The van der Waals surface area contributed by atoms with Gasteiger partial charge in [-0.1, -0.05) is 41.5 Å². The number of nitrogens with one attached hydrogen (secondary N) is 3. The lowest BCUT2D eigenvalue weighted by Gasteiger charge is -2.35. The lowest BCUT2D eigenvalue weighted by Crippen LogP contribution is -2.44. The number of hydrogen-bond acceptors (Lipinski definition) is 11. The SMILES string of the molecule is COCCO[C@H]1C(C(C)(C)C)[C@@H](CNC(=O)CC2[C@@H](CC(C)(C)C)O[C@@H](n3ccc(=O)[nH]c3=O)[C@H]2OC)O[C@H]1n1cnc2c(=O)[nH]c(C)nc21. The van der Waals surface area contributed by atoms with Gasteiger partial charge < -0.3 is 34.0 Å². The molecule has 0 saturated carbocycles. The molecule has 1 amide bonds. The van der Waals surface area contributed by atoms with Gasteiger partial charge in [0.05, 0.1) is 31.7 Å². The van der Waals surface area contributed by atoms with Crippen LogP contribution in [0.25, 0.3) is 11.2 Å². The number of aromatic amines is 2. The maximum Gasteiger partial charge on any atom is 0.330 e. The highest BCUT2D eigenvalue weighted by atomic mass is 16.6. The van der Waals surface area contributed by atoms with Crippen LogP contribution in [0.5, 0.6) is 0 Å². The van der Waals surface area contributed by atoms with Crippen LogP contribution in [0.3, 0.4) is 0 Å². The van der Waals surface area contributed by atoms with E-state index in [0.717, 1.165) is 0 Å². The number of nitrogens with zero attached hydrogens (tertiary/aromatic N) is 4. The van der Waals surface area contributed by atoms with Crippen LogP contribution in [0.4, 0.5) is 0 Å². The number of imidazole rings is 1. The molecule has 2 saturated heterocycles. The number of aryl methyl sites for hydroxylation is 1. The zero-order chi connectivity index (χ0) is 36.5. The van der Waals surface area contributed by atoms with Crippen LogP contribution in [-0.2, 0) is 28.5 Å². The molecule has 276 valence electrons. The predicted molar refractivity (Wildman–Crippen MR) is 183 cm³/mol. The molecule has 0 aromatic carbocycles. The highest BCUT2D eigenvalue weighted by molar-refractivity contribution is 5.76. The minimum atomic E-state index is -0.835. The van der Waals surface area contributed by atoms with Gasteiger partial charge in [0.25, 0.3) is 11.1 Å². The average Bonchev–Trinajstić information content (AvgIpc) is 3.69. The molecule has 2 aliphatic rings. The molecular weight excluding hydrogens is 650 g/mol. The van der Waals surface area contributed by atoms with Crippen molar-refractivity contribution in [2.45, 2.75) is 98.2 Å². The molecule has 50 heavy (non-hydrogen) atoms. The van der Waals surface area contributed by atoms with E-state index in [1.807, 2.05) is 0 Å². The first-order valence-electron chi connectivity index (χ1n) is 17.0. The van der Waals surface area contributed by atoms with Gasteiger partial charge >= 0.3 is 5.69 Å². The Balaban J connectivity index is 1.39. The van der Waals surface area contributed by atoms with E-state index in [1.165, 1.54) is 30.3 Å². The summed E-state index contributed by atoms with van der Waals surface area (Å²) in [7, 11) is 3.13. The number of fused-ring (bicyclic) bond motifs is 1. The fraction of sp³-hybridized carbons (Fsp3) is 0.706. The Bertz CT molecular complexity index is 1820. The van der Waals surface area contributed by atoms with Crippen molar-refractivity contribution in [3.8, 4) is 0 Å². The van der Waals surface area contributed by atoms with Crippen LogP contribution in [-0.4, -0.2) is 93.4 Å². The Kier molecular flexibility index (Phi) is 11.2. The normalized spacial score (nSPS) is 27.3. The van der Waals surface area contributed by atoms with Crippen LogP contribution in [0.2, 0.25) is 0 Å². The Morgan fingerprint density at radius 2 is 1.68 bits per heavy atom. The van der Waals surface area contributed by atoms with Crippen molar-refractivity contribution in [3.63, 3.8) is 0 Å². The average molecular weight is 702 g/mol. The van der Waals surface area contributed by atoms with Gasteiger partial charge in [0.15, 0.2) is 23.6 Å². The van der Waals surface area contributed by atoms with Gasteiger partial charge in [-0.2, -0.15) is 0 Å². The van der Waals surface area contributed by atoms with Crippen molar-refractivity contribution in [2.24, 2.45) is 22.7 Å². The van der Waals surface area contributed by atoms with E-state index >= 15 is 0 Å². The first-order valence-corrected chi connectivity index (χ1v) is 17.0. The first-order chi connectivity index (χ1) is 23.5. The van der Waals surface area contributed by atoms with Crippen LogP contribution in [0.15, 0.2) is 33.0 Å². The van der Waals surface area contributed by atoms with Gasteiger partial charge in [0.2, 0.25) is 5.91 Å². The number of hydrogen-bond donors (Lipinski definition) is 3. The summed E-state index contributed by atoms with van der Waals surface area (Å²) >= 11 is 0. The maximum atomic E-state index is 13.8. The summed E-state index contributed by atoms with van der Waals surface area (Å²) in [5, 5.41) is 3.10. The topological polar surface area (TPSA) is 194 Å². The lowest BCUT2D eigenvalue weighted by molar-refractivity contribution is -0.124. The predicted octanol–water partition coefficient (Wildman–Crippen LogP) is 2.04. The number of aromatic nitrogens is 6. The molecule has 5 rings (SSSR count). The summed E-state index contributed by atoms with van der Waals surface area (Å²) in [6.07, 6.45) is 0.0567. The molecule has 0 bridgehead atoms. The summed E-state index contributed by atoms with van der Waals surface area (Å²) in [4.78, 5) is 64.8. The third-order valence-corrected chi connectivity index (χ3v) is 9.40. The van der Waals surface area contributed by atoms with Gasteiger partial charge in [-0.15, -0.1) is 0 Å². The van der Waals surface area contributed by atoms with Crippen molar-refractivity contribution in [2.75, 3.05) is 34.0 Å². The molecule has 16 nitrogen and oxygen atoms in total. The number of carbonyl (C=O) groups excluding carboxylic acids is 1. The number of carbonyl (C=O) groups is 1. The lowest BCUT2D eigenvalue weighted by atomic mass is 9.74. The standard InChI is InChI=1S/C34H51N7O9/c1-18-37-28-25(29(44)38-18)36-17-41(28)31-27(48-13-12-46-8)24(34(5,6)7)21(50-31)16-35-23(43)14-19-20(15-33(2,3)4)49-30(26(19)47-9)40-11-10-22(42)39-32(40)45/h10-11,17,19-21,24,26-27,30-31H,12-16H2,1-9H3,(H,35,43)(H,37,38,44)(H,39,42,45)/t19?,20-,21-,24?,26+,27+,30-,31-/m1/s1. The van der Waals surface area contributed by atoms with E-state index in [-0.39, 0.29) is 46.7 Å². The van der Waals surface area contributed by atoms with Crippen LogP contribution in [0.1, 0.15) is 72.7 Å². The van der Waals surface area contributed by atoms with Crippen molar-refractivity contribution < 1.29 is 28.5 Å². The first kappa shape index (κ1) is 37.6. The van der Waals surface area contributed by atoms with Gasteiger partial charge in [-0.3, -0.25) is 28.5 Å². The third-order valence-electron chi connectivity index (χ3n) is 9.40. The molecule has 3 N–H and O–H groups in total. The molecule has 5 heterocycles. The molecule has 0 radical (unpaired) electrons. The van der Waals surface area contributed by atoms with Crippen molar-refractivity contribution >= 4 is 17.1 Å². The summed E-state index contributed by atoms with van der Waals surface area (Å²) in [5.41, 5.74) is -1.39. The quantitative estimate of drug-likeness (QED) is 0.234. The van der Waals surface area contributed by atoms with Gasteiger partial charge in [0, 0.05) is 51.3 Å². The summed E-state index contributed by atoms with van der Waals surface area (Å²) in [6.45, 7) is 15.1. The van der Waals surface area contributed by atoms with Crippen LogP contribution >= 0.6 is 0 Å². The van der Waals surface area contributed by atoms with Crippen molar-refractivity contribution in [3.05, 3.63) is 55.6 Å². The van der Waals surface area contributed by atoms with E-state index < -0.39 is 54.0 Å². The third kappa shape index (κ3) is 8.09. The molecule has 2 aliphatic heterocycles. The fourth-order valence-electron chi connectivity index (χ4n) is 7.33. The Hall–Kier alpha value is -3.70. The number of rotatable bonds is 12. The van der Waals surface area contributed by atoms with Crippen molar-refractivity contribution in [1.82, 2.24) is 34.4 Å². The molecule has 2 fully saturated rings.